The molecule has 0 aliphatic heterocycles. The highest BCUT2D eigenvalue weighted by atomic mass is 35.5. The zero-order valence-electron chi connectivity index (χ0n) is 15.8. The minimum Gasteiger partial charge on any atom is -0.320 e. The predicted octanol–water partition coefficient (Wildman–Crippen LogP) is 4.76. The first-order chi connectivity index (χ1) is 14.2. The van der Waals surface area contributed by atoms with Gasteiger partial charge in [0, 0.05) is 5.02 Å². The Hall–Kier alpha value is -2.97. The Bertz CT molecular complexity index is 1150. The van der Waals surface area contributed by atoms with Crippen molar-refractivity contribution in [1.82, 2.24) is 0 Å². The quantitative estimate of drug-likeness (QED) is 0.588. The van der Waals surface area contributed by atoms with Gasteiger partial charge in [0.2, 0.25) is 5.91 Å². The highest BCUT2D eigenvalue weighted by molar-refractivity contribution is 7.92. The first kappa shape index (κ1) is 21.7. The van der Waals surface area contributed by atoms with Gasteiger partial charge in [0.05, 0.1) is 10.6 Å². The van der Waals surface area contributed by atoms with Gasteiger partial charge >= 0.3 is 0 Å². The van der Waals surface area contributed by atoms with Crippen molar-refractivity contribution in [2.45, 2.75) is 11.8 Å². The van der Waals surface area contributed by atoms with Gasteiger partial charge in [0.1, 0.15) is 23.9 Å². The lowest BCUT2D eigenvalue weighted by Crippen LogP contribution is -2.38. The van der Waals surface area contributed by atoms with E-state index < -0.39 is 39.8 Å². The number of anilines is 2. The number of sulfonamides is 1. The SMILES string of the molecule is Cc1ccc(N(CC(=O)Nc2c(F)cccc2F)S(=O)(=O)c2ccc(Cl)cc2)cc1. The van der Waals surface area contributed by atoms with Gasteiger partial charge in [-0.15, -0.1) is 0 Å². The Morgan fingerprint density at radius 3 is 2.10 bits per heavy atom. The molecule has 9 heteroatoms. The number of aryl methyl sites for hydroxylation is 1. The third kappa shape index (κ3) is 4.77. The van der Waals surface area contributed by atoms with Crippen molar-refractivity contribution in [2.24, 2.45) is 0 Å². The molecule has 0 saturated heterocycles. The van der Waals surface area contributed by atoms with E-state index in [-0.39, 0.29) is 10.6 Å². The van der Waals surface area contributed by atoms with Crippen LogP contribution in [0.3, 0.4) is 0 Å². The molecule has 5 nitrogen and oxygen atoms in total. The number of carbonyl (C=O) groups excluding carboxylic acids is 1. The number of rotatable bonds is 6. The fourth-order valence-electron chi connectivity index (χ4n) is 2.69. The van der Waals surface area contributed by atoms with Gasteiger partial charge in [-0.05, 0) is 55.5 Å². The van der Waals surface area contributed by atoms with Crippen LogP contribution in [0.1, 0.15) is 5.56 Å². The Morgan fingerprint density at radius 2 is 1.53 bits per heavy atom. The van der Waals surface area contributed by atoms with Crippen LogP contribution in [0, 0.1) is 18.6 Å². The Labute approximate surface area is 178 Å². The van der Waals surface area contributed by atoms with Crippen molar-refractivity contribution < 1.29 is 22.0 Å². The lowest BCUT2D eigenvalue weighted by atomic mass is 10.2. The van der Waals surface area contributed by atoms with Gasteiger partial charge in [-0.25, -0.2) is 17.2 Å². The molecule has 0 fully saturated rings. The van der Waals surface area contributed by atoms with Crippen molar-refractivity contribution in [3.8, 4) is 0 Å². The molecule has 3 aromatic rings. The van der Waals surface area contributed by atoms with E-state index in [1.54, 1.807) is 24.3 Å². The summed E-state index contributed by atoms with van der Waals surface area (Å²) in [4.78, 5) is 12.4. The van der Waals surface area contributed by atoms with Crippen molar-refractivity contribution in [3.63, 3.8) is 0 Å². The monoisotopic (exact) mass is 450 g/mol. The van der Waals surface area contributed by atoms with Crippen LogP contribution < -0.4 is 9.62 Å². The topological polar surface area (TPSA) is 66.5 Å². The van der Waals surface area contributed by atoms with E-state index in [9.17, 15) is 22.0 Å². The zero-order valence-corrected chi connectivity index (χ0v) is 17.3. The maximum absolute atomic E-state index is 13.9. The van der Waals surface area contributed by atoms with E-state index in [2.05, 4.69) is 5.32 Å². The second kappa shape index (κ2) is 8.81. The van der Waals surface area contributed by atoms with E-state index in [1.165, 1.54) is 24.3 Å². The largest absolute Gasteiger partial charge is 0.320 e. The third-order valence-corrected chi connectivity index (χ3v) is 6.28. The molecule has 0 radical (unpaired) electrons. The van der Waals surface area contributed by atoms with Gasteiger partial charge in [-0.1, -0.05) is 35.4 Å². The normalized spacial score (nSPS) is 11.2. The average molecular weight is 451 g/mol. The van der Waals surface area contributed by atoms with Gasteiger partial charge in [0.15, 0.2) is 0 Å². The van der Waals surface area contributed by atoms with Crippen LogP contribution in [-0.2, 0) is 14.8 Å². The second-order valence-corrected chi connectivity index (χ2v) is 8.74. The summed E-state index contributed by atoms with van der Waals surface area (Å²) < 4.78 is 55.0. The molecular formula is C21H17ClF2N2O3S. The number of halogens is 3. The molecule has 0 aliphatic carbocycles. The van der Waals surface area contributed by atoms with E-state index >= 15 is 0 Å². The maximum Gasteiger partial charge on any atom is 0.264 e. The summed E-state index contributed by atoms with van der Waals surface area (Å²) in [6.45, 7) is 1.14. The predicted molar refractivity (Wildman–Crippen MR) is 112 cm³/mol. The van der Waals surface area contributed by atoms with E-state index in [1.807, 2.05) is 6.92 Å². The molecule has 3 rings (SSSR count). The number of nitrogens with one attached hydrogen (secondary N) is 1. The molecule has 0 aromatic heterocycles. The maximum atomic E-state index is 13.9. The smallest absolute Gasteiger partial charge is 0.264 e. The zero-order chi connectivity index (χ0) is 21.9. The number of hydrogen-bond donors (Lipinski definition) is 1. The Balaban J connectivity index is 1.96. The minimum absolute atomic E-state index is 0.0858. The molecule has 0 heterocycles. The lowest BCUT2D eigenvalue weighted by molar-refractivity contribution is -0.114. The standard InChI is InChI=1S/C21H17ClF2N2O3S/c1-14-5-9-16(10-6-14)26(30(28,29)17-11-7-15(22)8-12-17)13-20(27)25-21-18(23)3-2-4-19(21)24/h2-12H,13H2,1H3,(H,25,27). The summed E-state index contributed by atoms with van der Waals surface area (Å²) in [7, 11) is -4.16. The number of nitrogens with zero attached hydrogens (tertiary/aromatic N) is 1. The van der Waals surface area contributed by atoms with Crippen molar-refractivity contribution in [1.29, 1.82) is 0 Å². The lowest BCUT2D eigenvalue weighted by Gasteiger charge is -2.24. The summed E-state index contributed by atoms with van der Waals surface area (Å²) in [6, 6.07) is 15.0. The molecule has 0 unspecified atom stereocenters. The average Bonchev–Trinajstić information content (AvgIpc) is 2.70. The molecular weight excluding hydrogens is 434 g/mol. The molecule has 156 valence electrons. The van der Waals surface area contributed by atoms with Gasteiger partial charge in [-0.3, -0.25) is 9.10 Å². The van der Waals surface area contributed by atoms with Crippen molar-refractivity contribution in [3.05, 3.63) is 89.0 Å². The Kier molecular flexibility index (Phi) is 6.38. The first-order valence-electron chi connectivity index (χ1n) is 8.77. The van der Waals surface area contributed by atoms with Crippen LogP contribution in [0.25, 0.3) is 0 Å². The van der Waals surface area contributed by atoms with Crippen LogP contribution in [-0.4, -0.2) is 20.9 Å². The number of benzene rings is 3. The van der Waals surface area contributed by atoms with E-state index in [0.29, 0.717) is 5.02 Å². The van der Waals surface area contributed by atoms with Crippen LogP contribution in [0.2, 0.25) is 5.02 Å². The molecule has 30 heavy (non-hydrogen) atoms. The van der Waals surface area contributed by atoms with Crippen molar-refractivity contribution >= 4 is 38.9 Å². The van der Waals surface area contributed by atoms with Crippen LogP contribution in [0.4, 0.5) is 20.2 Å². The highest BCUT2D eigenvalue weighted by Crippen LogP contribution is 2.26. The molecule has 0 saturated carbocycles. The summed E-state index contributed by atoms with van der Waals surface area (Å²) >= 11 is 5.84. The molecule has 1 N–H and O–H groups in total. The summed E-state index contributed by atoms with van der Waals surface area (Å²) in [5.41, 5.74) is 0.468. The van der Waals surface area contributed by atoms with Crippen LogP contribution in [0.15, 0.2) is 71.6 Å². The third-order valence-electron chi connectivity index (χ3n) is 4.24. The number of amides is 1. The van der Waals surface area contributed by atoms with Crippen LogP contribution >= 0.6 is 11.6 Å². The van der Waals surface area contributed by atoms with Gasteiger partial charge < -0.3 is 5.32 Å². The van der Waals surface area contributed by atoms with Gasteiger partial charge in [0.25, 0.3) is 10.0 Å². The second-order valence-electron chi connectivity index (χ2n) is 6.45. The number of para-hydroxylation sites is 1. The molecule has 0 bridgehead atoms. The Morgan fingerprint density at radius 1 is 0.967 bits per heavy atom. The summed E-state index contributed by atoms with van der Waals surface area (Å²) in [5, 5.41) is 2.46. The number of hydrogen-bond acceptors (Lipinski definition) is 3. The fraction of sp³-hybridized carbons (Fsp3) is 0.0952. The van der Waals surface area contributed by atoms with E-state index in [4.69, 9.17) is 11.6 Å². The van der Waals surface area contributed by atoms with E-state index in [0.717, 1.165) is 28.1 Å². The minimum atomic E-state index is -4.16. The van der Waals surface area contributed by atoms with Crippen LogP contribution in [0.5, 0.6) is 0 Å². The fourth-order valence-corrected chi connectivity index (χ4v) is 4.23. The molecule has 1 amide bonds. The molecule has 0 atom stereocenters. The summed E-state index contributed by atoms with van der Waals surface area (Å²) in [6.07, 6.45) is 0. The molecule has 3 aromatic carbocycles. The van der Waals surface area contributed by atoms with Gasteiger partial charge in [-0.2, -0.15) is 0 Å². The summed E-state index contributed by atoms with van der Waals surface area (Å²) in [5.74, 6) is -2.84. The first-order valence-corrected chi connectivity index (χ1v) is 10.6. The van der Waals surface area contributed by atoms with Crippen molar-refractivity contribution in [2.75, 3.05) is 16.2 Å². The molecule has 0 aliphatic rings. The number of carbonyl (C=O) groups is 1. The highest BCUT2D eigenvalue weighted by Gasteiger charge is 2.28. The molecule has 0 spiro atoms.